The summed E-state index contributed by atoms with van der Waals surface area (Å²) in [4.78, 5) is 11.3. The van der Waals surface area contributed by atoms with Crippen LogP contribution in [0.2, 0.25) is 0 Å². The van der Waals surface area contributed by atoms with E-state index in [1.807, 2.05) is 13.8 Å². The van der Waals surface area contributed by atoms with E-state index in [1.165, 1.54) is 6.92 Å². The molecule has 13 heteroatoms. The Labute approximate surface area is 225 Å². The number of aromatic nitrogens is 3. The molecule has 13 nitrogen and oxygen atoms in total. The van der Waals surface area contributed by atoms with Gasteiger partial charge in [0.05, 0.1) is 85.0 Å². The van der Waals surface area contributed by atoms with E-state index in [0.717, 1.165) is 0 Å². The number of Topliss-reactive ketones (excluding diaryl/α,β-unsaturated/α-hetero) is 1. The number of hydrogen-bond acceptors (Lipinski definition) is 12. The number of aliphatic hydroxyl groups is 6. The third-order valence-corrected chi connectivity index (χ3v) is 5.71. The Kier molecular flexibility index (Phi) is 21.4. The zero-order valence-corrected chi connectivity index (χ0v) is 23.1. The summed E-state index contributed by atoms with van der Waals surface area (Å²) in [7, 11) is 0. The maximum Gasteiger partial charge on any atom is 0.134 e. The molecular formula is C25H49N3O10. The molecule has 0 bridgehead atoms. The van der Waals surface area contributed by atoms with Crippen LogP contribution in [0.4, 0.5) is 0 Å². The Morgan fingerprint density at radius 1 is 0.816 bits per heavy atom. The molecule has 0 unspecified atom stereocenters. The van der Waals surface area contributed by atoms with E-state index < -0.39 is 23.3 Å². The molecular weight excluding hydrogens is 502 g/mol. The zero-order chi connectivity index (χ0) is 28.8. The maximum absolute atomic E-state index is 11.3. The third-order valence-electron chi connectivity index (χ3n) is 5.71. The van der Waals surface area contributed by atoms with Crippen LogP contribution >= 0.6 is 0 Å². The lowest BCUT2D eigenvalue weighted by Gasteiger charge is -2.34. The highest BCUT2D eigenvalue weighted by molar-refractivity contribution is 5.75. The first-order valence-corrected chi connectivity index (χ1v) is 13.2. The van der Waals surface area contributed by atoms with Crippen LogP contribution in [0.3, 0.4) is 0 Å². The lowest BCUT2D eigenvalue weighted by atomic mass is 10.0. The fraction of sp³-hybridized carbons (Fsp3) is 0.880. The smallest absolute Gasteiger partial charge is 0.134 e. The van der Waals surface area contributed by atoms with E-state index in [0.29, 0.717) is 25.0 Å². The van der Waals surface area contributed by atoms with Crippen molar-refractivity contribution in [1.29, 1.82) is 0 Å². The van der Waals surface area contributed by atoms with Crippen LogP contribution in [0.5, 0.6) is 0 Å². The molecule has 1 aromatic rings. The quantitative estimate of drug-likeness (QED) is 0.0948. The van der Waals surface area contributed by atoms with Gasteiger partial charge < -0.3 is 49.6 Å². The van der Waals surface area contributed by atoms with Crippen molar-refractivity contribution in [3.8, 4) is 0 Å². The van der Waals surface area contributed by atoms with Crippen molar-refractivity contribution in [2.45, 2.75) is 45.6 Å². The molecule has 0 fully saturated rings. The highest BCUT2D eigenvalue weighted by Crippen LogP contribution is 2.21. The van der Waals surface area contributed by atoms with E-state index in [4.69, 9.17) is 14.2 Å². The van der Waals surface area contributed by atoms with Gasteiger partial charge in [0.15, 0.2) is 0 Å². The maximum atomic E-state index is 11.3. The second-order valence-corrected chi connectivity index (χ2v) is 9.17. The molecule has 0 saturated carbocycles. The van der Waals surface area contributed by atoms with E-state index in [1.54, 1.807) is 10.9 Å². The van der Waals surface area contributed by atoms with Crippen molar-refractivity contribution in [3.05, 3.63) is 11.9 Å². The molecule has 1 heterocycles. The number of carbonyl (C=O) groups is 1. The molecule has 1 rings (SSSR count). The van der Waals surface area contributed by atoms with Crippen molar-refractivity contribution in [1.82, 2.24) is 15.0 Å². The van der Waals surface area contributed by atoms with Gasteiger partial charge in [-0.1, -0.05) is 19.1 Å². The molecule has 0 spiro atoms. The molecule has 0 aliphatic carbocycles. The molecule has 1 aromatic heterocycles. The second kappa shape index (κ2) is 22.3. The van der Waals surface area contributed by atoms with E-state index >= 15 is 0 Å². The predicted molar refractivity (Wildman–Crippen MR) is 138 cm³/mol. The summed E-state index contributed by atoms with van der Waals surface area (Å²) in [6.07, 6.45) is 3.27. The van der Waals surface area contributed by atoms with Gasteiger partial charge in [0, 0.05) is 30.4 Å². The van der Waals surface area contributed by atoms with Gasteiger partial charge >= 0.3 is 0 Å². The third kappa shape index (κ3) is 14.0. The molecule has 0 atom stereocenters. The lowest BCUT2D eigenvalue weighted by molar-refractivity contribution is -0.117. The first kappa shape index (κ1) is 36.5. The Hall–Kier alpha value is -1.55. The van der Waals surface area contributed by atoms with E-state index in [9.17, 15) is 35.4 Å². The molecule has 224 valence electrons. The minimum Gasteiger partial charge on any atom is -0.396 e. The number of aliphatic hydroxyl groups excluding tert-OH is 6. The van der Waals surface area contributed by atoms with Crippen molar-refractivity contribution < 1.29 is 49.6 Å². The summed E-state index contributed by atoms with van der Waals surface area (Å²) in [6.45, 7) is 4.11. The Morgan fingerprint density at radius 3 is 1.55 bits per heavy atom. The van der Waals surface area contributed by atoms with Crippen LogP contribution in [0.25, 0.3) is 0 Å². The van der Waals surface area contributed by atoms with Crippen molar-refractivity contribution in [2.24, 2.45) is 17.8 Å². The molecule has 0 aliphatic rings. The molecule has 0 aromatic carbocycles. The van der Waals surface area contributed by atoms with Crippen LogP contribution in [0.15, 0.2) is 6.20 Å². The number of hydrogen-bond donors (Lipinski definition) is 6. The predicted octanol–water partition coefficient (Wildman–Crippen LogP) is -1.24. The fourth-order valence-electron chi connectivity index (χ4n) is 3.22. The summed E-state index contributed by atoms with van der Waals surface area (Å²) in [6, 6.07) is 0. The van der Waals surface area contributed by atoms with Crippen LogP contribution in [-0.4, -0.2) is 131 Å². The molecule has 0 aliphatic heterocycles. The number of carbonyl (C=O) groups excluding carboxylic acids is 1. The molecule has 0 radical (unpaired) electrons. The van der Waals surface area contributed by atoms with Crippen molar-refractivity contribution >= 4 is 5.78 Å². The number of nitrogens with zero attached hydrogens (tertiary/aromatic N) is 3. The number of rotatable bonds is 23. The minimum atomic E-state index is -1.08. The SMILES string of the molecule is CC.CC(=O)CCCc1cn(C(COCC(CO)CO)(COCC(CO)CO)COCC(CO)CO)nn1. The number of ketones is 1. The van der Waals surface area contributed by atoms with Crippen molar-refractivity contribution in [3.63, 3.8) is 0 Å². The van der Waals surface area contributed by atoms with Crippen LogP contribution in [0.1, 0.15) is 39.3 Å². The Balaban J connectivity index is 0.00000667. The molecule has 38 heavy (non-hydrogen) atoms. The summed E-state index contributed by atoms with van der Waals surface area (Å²) < 4.78 is 19.0. The zero-order valence-electron chi connectivity index (χ0n) is 23.1. The minimum absolute atomic E-state index is 0.00835. The fourth-order valence-corrected chi connectivity index (χ4v) is 3.22. The average molecular weight is 552 g/mol. The number of aryl methyl sites for hydroxylation is 1. The first-order valence-electron chi connectivity index (χ1n) is 13.2. The topological polar surface area (TPSA) is 197 Å². The standard InChI is InChI=1S/C23H43N3O10.C2H6/c1-18(33)3-2-4-22-5-26(25-24-22)23(15-34-12-19(6-27)7-28,16-35-13-20(8-29)9-30)17-36-14-21(10-31)11-32;1-2/h5,19-21,27-32H,2-4,6-17H2,1H3;1-2H3. The van der Waals surface area contributed by atoms with Gasteiger partial charge in [0.2, 0.25) is 0 Å². The van der Waals surface area contributed by atoms with Crippen molar-refractivity contribution in [2.75, 3.05) is 79.3 Å². The van der Waals surface area contributed by atoms with Gasteiger partial charge in [-0.3, -0.25) is 0 Å². The monoisotopic (exact) mass is 551 g/mol. The highest BCUT2D eigenvalue weighted by atomic mass is 16.5. The normalized spacial score (nSPS) is 11.9. The van der Waals surface area contributed by atoms with Crippen LogP contribution in [0, 0.1) is 17.8 Å². The largest absolute Gasteiger partial charge is 0.396 e. The van der Waals surface area contributed by atoms with Crippen LogP contribution in [-0.2, 0) is 31.0 Å². The second-order valence-electron chi connectivity index (χ2n) is 9.17. The number of ether oxygens (including phenoxy) is 3. The first-order chi connectivity index (χ1) is 18.4. The van der Waals surface area contributed by atoms with Gasteiger partial charge in [-0.05, 0) is 19.8 Å². The van der Waals surface area contributed by atoms with Gasteiger partial charge in [-0.2, -0.15) is 0 Å². The van der Waals surface area contributed by atoms with Crippen LogP contribution < -0.4 is 0 Å². The summed E-state index contributed by atoms with van der Waals surface area (Å²) >= 11 is 0. The van der Waals surface area contributed by atoms with Gasteiger partial charge in [0.25, 0.3) is 0 Å². The van der Waals surface area contributed by atoms with E-state index in [-0.39, 0.29) is 85.1 Å². The lowest BCUT2D eigenvalue weighted by Crippen LogP contribution is -2.49. The summed E-state index contributed by atoms with van der Waals surface area (Å²) in [5.41, 5.74) is -0.428. The van der Waals surface area contributed by atoms with Gasteiger partial charge in [-0.25, -0.2) is 4.68 Å². The van der Waals surface area contributed by atoms with Gasteiger partial charge in [0.1, 0.15) is 11.3 Å². The summed E-state index contributed by atoms with van der Waals surface area (Å²) in [5, 5.41) is 64.7. The summed E-state index contributed by atoms with van der Waals surface area (Å²) in [5.74, 6) is -1.37. The Morgan fingerprint density at radius 2 is 1.21 bits per heavy atom. The Bertz CT molecular complexity index is 649. The molecule has 0 saturated heterocycles. The average Bonchev–Trinajstić information content (AvgIpc) is 3.41. The van der Waals surface area contributed by atoms with Gasteiger partial charge in [-0.15, -0.1) is 5.10 Å². The molecule has 0 amide bonds. The van der Waals surface area contributed by atoms with E-state index in [2.05, 4.69) is 10.3 Å². The highest BCUT2D eigenvalue weighted by Gasteiger charge is 2.36. The molecule has 6 N–H and O–H groups in total.